The molecular weight excluding hydrogens is 388 g/mol. The number of amides is 2. The van der Waals surface area contributed by atoms with E-state index >= 15 is 0 Å². The number of methoxy groups -OCH3 is 2. The van der Waals surface area contributed by atoms with Crippen molar-refractivity contribution in [3.05, 3.63) is 53.6 Å². The Labute approximate surface area is 176 Å². The van der Waals surface area contributed by atoms with Crippen molar-refractivity contribution >= 4 is 24.4 Å². The molecule has 29 heavy (non-hydrogen) atoms. The minimum absolute atomic E-state index is 0.0170. The topological polar surface area (TPSA) is 67.9 Å². The van der Waals surface area contributed by atoms with Crippen molar-refractivity contribution in [1.29, 1.82) is 0 Å². The molecular formula is C22H26N2O4S. The summed E-state index contributed by atoms with van der Waals surface area (Å²) in [6, 6.07) is 12.5. The number of carbonyl (C=O) groups is 2. The van der Waals surface area contributed by atoms with Crippen LogP contribution in [0.15, 0.2) is 47.4 Å². The van der Waals surface area contributed by atoms with Gasteiger partial charge in [-0.05, 0) is 49.1 Å². The molecule has 1 saturated heterocycles. The SMILES string of the molecule is COc1ccc(C(=O)NCC2CCN(C(=O)c3ccccc3S)CC2)cc1OC. The Balaban J connectivity index is 1.50. The van der Waals surface area contributed by atoms with E-state index in [0.29, 0.717) is 53.1 Å². The van der Waals surface area contributed by atoms with E-state index in [2.05, 4.69) is 17.9 Å². The van der Waals surface area contributed by atoms with Crippen molar-refractivity contribution in [3.8, 4) is 11.5 Å². The standard InChI is InChI=1S/C22H26N2O4S/c1-27-18-8-7-16(13-19(18)28-2)21(25)23-14-15-9-11-24(12-10-15)22(26)17-5-3-4-6-20(17)29/h3-8,13,15,29H,9-12,14H2,1-2H3,(H,23,25). The van der Waals surface area contributed by atoms with Crippen LogP contribution in [0.25, 0.3) is 0 Å². The summed E-state index contributed by atoms with van der Waals surface area (Å²) in [6.45, 7) is 1.94. The molecule has 1 aliphatic rings. The summed E-state index contributed by atoms with van der Waals surface area (Å²) in [5.74, 6) is 1.33. The van der Waals surface area contributed by atoms with Crippen LogP contribution in [0.5, 0.6) is 11.5 Å². The molecule has 1 N–H and O–H groups in total. The molecule has 1 heterocycles. The normalized spacial score (nSPS) is 14.4. The third-order valence-electron chi connectivity index (χ3n) is 5.23. The van der Waals surface area contributed by atoms with Gasteiger partial charge in [-0.1, -0.05) is 12.1 Å². The van der Waals surface area contributed by atoms with Crippen LogP contribution in [-0.4, -0.2) is 50.6 Å². The van der Waals surface area contributed by atoms with E-state index in [1.165, 1.54) is 0 Å². The average Bonchev–Trinajstić information content (AvgIpc) is 2.77. The molecule has 1 fully saturated rings. The van der Waals surface area contributed by atoms with Crippen LogP contribution < -0.4 is 14.8 Å². The third-order valence-corrected chi connectivity index (χ3v) is 5.62. The number of benzene rings is 2. The molecule has 0 spiro atoms. The highest BCUT2D eigenvalue weighted by Crippen LogP contribution is 2.27. The smallest absolute Gasteiger partial charge is 0.254 e. The van der Waals surface area contributed by atoms with Crippen LogP contribution in [0, 0.1) is 5.92 Å². The summed E-state index contributed by atoms with van der Waals surface area (Å²) < 4.78 is 10.5. The van der Waals surface area contributed by atoms with Gasteiger partial charge in [-0.3, -0.25) is 9.59 Å². The van der Waals surface area contributed by atoms with Crippen molar-refractivity contribution < 1.29 is 19.1 Å². The Bertz CT molecular complexity index is 879. The zero-order valence-corrected chi connectivity index (χ0v) is 17.6. The van der Waals surface area contributed by atoms with Gasteiger partial charge in [0.25, 0.3) is 11.8 Å². The van der Waals surface area contributed by atoms with Crippen LogP contribution in [0.4, 0.5) is 0 Å². The van der Waals surface area contributed by atoms with E-state index in [1.807, 2.05) is 23.1 Å². The zero-order chi connectivity index (χ0) is 20.8. The predicted molar refractivity (Wildman–Crippen MR) is 114 cm³/mol. The maximum atomic E-state index is 12.7. The Morgan fingerprint density at radius 2 is 1.76 bits per heavy atom. The average molecular weight is 415 g/mol. The molecule has 2 aromatic rings. The molecule has 0 bridgehead atoms. The molecule has 1 aliphatic heterocycles. The fourth-order valence-corrected chi connectivity index (χ4v) is 3.74. The molecule has 0 unspecified atom stereocenters. The van der Waals surface area contributed by atoms with Gasteiger partial charge in [0.15, 0.2) is 11.5 Å². The minimum atomic E-state index is -0.145. The molecule has 0 radical (unpaired) electrons. The lowest BCUT2D eigenvalue weighted by Gasteiger charge is -2.32. The number of hydrogen-bond acceptors (Lipinski definition) is 5. The van der Waals surface area contributed by atoms with Crippen molar-refractivity contribution in [2.75, 3.05) is 33.9 Å². The first kappa shape index (κ1) is 21.0. The van der Waals surface area contributed by atoms with Crippen LogP contribution >= 0.6 is 12.6 Å². The van der Waals surface area contributed by atoms with E-state index in [-0.39, 0.29) is 11.8 Å². The maximum absolute atomic E-state index is 12.7. The molecule has 2 aromatic carbocycles. The summed E-state index contributed by atoms with van der Waals surface area (Å²) >= 11 is 4.38. The van der Waals surface area contributed by atoms with E-state index < -0.39 is 0 Å². The monoisotopic (exact) mass is 414 g/mol. The second-order valence-corrected chi connectivity index (χ2v) is 7.51. The largest absolute Gasteiger partial charge is 0.493 e. The Morgan fingerprint density at radius 1 is 1.07 bits per heavy atom. The molecule has 3 rings (SSSR count). The van der Waals surface area contributed by atoms with Gasteiger partial charge in [-0.25, -0.2) is 0 Å². The van der Waals surface area contributed by atoms with Gasteiger partial charge in [0.1, 0.15) is 0 Å². The van der Waals surface area contributed by atoms with Crippen LogP contribution in [-0.2, 0) is 0 Å². The van der Waals surface area contributed by atoms with E-state index in [0.717, 1.165) is 12.8 Å². The second-order valence-electron chi connectivity index (χ2n) is 7.03. The molecule has 0 aliphatic carbocycles. The van der Waals surface area contributed by atoms with Gasteiger partial charge >= 0.3 is 0 Å². The van der Waals surface area contributed by atoms with Crippen LogP contribution in [0.1, 0.15) is 33.6 Å². The Morgan fingerprint density at radius 3 is 2.41 bits per heavy atom. The Hall–Kier alpha value is -2.67. The number of carbonyl (C=O) groups excluding carboxylic acids is 2. The number of likely N-dealkylation sites (tertiary alicyclic amines) is 1. The van der Waals surface area contributed by atoms with Crippen LogP contribution in [0.2, 0.25) is 0 Å². The van der Waals surface area contributed by atoms with Gasteiger partial charge in [0, 0.05) is 30.1 Å². The van der Waals surface area contributed by atoms with Gasteiger partial charge < -0.3 is 19.7 Å². The summed E-state index contributed by atoms with van der Waals surface area (Å²) in [4.78, 5) is 27.7. The lowest BCUT2D eigenvalue weighted by atomic mass is 9.96. The summed E-state index contributed by atoms with van der Waals surface area (Å²) in [5.41, 5.74) is 1.16. The first-order valence-electron chi connectivity index (χ1n) is 9.61. The lowest BCUT2D eigenvalue weighted by Crippen LogP contribution is -2.41. The first-order chi connectivity index (χ1) is 14.0. The van der Waals surface area contributed by atoms with Crippen LogP contribution in [0.3, 0.4) is 0 Å². The summed E-state index contributed by atoms with van der Waals surface area (Å²) in [7, 11) is 3.10. The number of rotatable bonds is 6. The molecule has 6 nitrogen and oxygen atoms in total. The highest BCUT2D eigenvalue weighted by molar-refractivity contribution is 7.80. The fourth-order valence-electron chi connectivity index (χ4n) is 3.48. The number of nitrogens with one attached hydrogen (secondary N) is 1. The van der Waals surface area contributed by atoms with Gasteiger partial charge in [-0.15, -0.1) is 12.6 Å². The number of nitrogens with zero attached hydrogens (tertiary/aromatic N) is 1. The quantitative estimate of drug-likeness (QED) is 0.712. The van der Waals surface area contributed by atoms with E-state index in [4.69, 9.17) is 9.47 Å². The highest BCUT2D eigenvalue weighted by atomic mass is 32.1. The lowest BCUT2D eigenvalue weighted by molar-refractivity contribution is 0.0681. The van der Waals surface area contributed by atoms with E-state index in [1.54, 1.807) is 38.5 Å². The van der Waals surface area contributed by atoms with E-state index in [9.17, 15) is 9.59 Å². The molecule has 0 aromatic heterocycles. The summed E-state index contributed by atoms with van der Waals surface area (Å²) in [6.07, 6.45) is 1.71. The maximum Gasteiger partial charge on any atom is 0.254 e. The molecule has 0 atom stereocenters. The van der Waals surface area contributed by atoms with Crippen molar-refractivity contribution in [2.24, 2.45) is 5.92 Å². The van der Waals surface area contributed by atoms with Crippen molar-refractivity contribution in [2.45, 2.75) is 17.7 Å². The molecule has 0 saturated carbocycles. The zero-order valence-electron chi connectivity index (χ0n) is 16.7. The van der Waals surface area contributed by atoms with Gasteiger partial charge in [-0.2, -0.15) is 0 Å². The number of piperidine rings is 1. The predicted octanol–water partition coefficient (Wildman–Crippen LogP) is 3.27. The molecule has 2 amide bonds. The van der Waals surface area contributed by atoms with Crippen molar-refractivity contribution in [3.63, 3.8) is 0 Å². The number of ether oxygens (including phenoxy) is 2. The first-order valence-corrected chi connectivity index (χ1v) is 10.1. The van der Waals surface area contributed by atoms with Gasteiger partial charge in [0.05, 0.1) is 19.8 Å². The molecule has 154 valence electrons. The number of thiol groups is 1. The minimum Gasteiger partial charge on any atom is -0.493 e. The van der Waals surface area contributed by atoms with Gasteiger partial charge in [0.2, 0.25) is 0 Å². The fraction of sp³-hybridized carbons (Fsp3) is 0.364. The second kappa shape index (κ2) is 9.69. The third kappa shape index (κ3) is 5.03. The van der Waals surface area contributed by atoms with Crippen molar-refractivity contribution in [1.82, 2.24) is 10.2 Å². The highest BCUT2D eigenvalue weighted by Gasteiger charge is 2.25. The Kier molecular flexibility index (Phi) is 7.04. The molecule has 7 heteroatoms. The number of hydrogen-bond donors (Lipinski definition) is 2. The summed E-state index contributed by atoms with van der Waals surface area (Å²) in [5, 5.41) is 2.99.